The standard InChI is InChI=1S/C24H36O3S/c25-24(15-18-28)27-17-4-16-26-23-13-11-22(12-14-23)21-9-7-20(8-10-21)19-5-2-1-3-6-19/h11-14,19-21,28H,1-10,15-18H2. The summed E-state index contributed by atoms with van der Waals surface area (Å²) in [5.41, 5.74) is 1.47. The molecule has 0 amide bonds. The van der Waals surface area contributed by atoms with Crippen LogP contribution in [0.4, 0.5) is 0 Å². The summed E-state index contributed by atoms with van der Waals surface area (Å²) in [6.45, 7) is 0.981. The van der Waals surface area contributed by atoms with E-state index in [9.17, 15) is 4.79 Å². The second kappa shape index (κ2) is 11.7. The van der Waals surface area contributed by atoms with Crippen molar-refractivity contribution in [1.82, 2.24) is 0 Å². The highest BCUT2D eigenvalue weighted by Gasteiger charge is 2.28. The molecule has 4 heteroatoms. The summed E-state index contributed by atoms with van der Waals surface area (Å²) in [4.78, 5) is 11.3. The maximum Gasteiger partial charge on any atom is 0.306 e. The quantitative estimate of drug-likeness (QED) is 0.303. The monoisotopic (exact) mass is 404 g/mol. The molecule has 3 nitrogen and oxygen atoms in total. The van der Waals surface area contributed by atoms with Crippen molar-refractivity contribution in [3.05, 3.63) is 29.8 Å². The van der Waals surface area contributed by atoms with Crippen molar-refractivity contribution in [3.63, 3.8) is 0 Å². The van der Waals surface area contributed by atoms with Gasteiger partial charge in [-0.15, -0.1) is 0 Å². The first-order valence-corrected chi connectivity index (χ1v) is 11.9. The van der Waals surface area contributed by atoms with Crippen molar-refractivity contribution < 1.29 is 14.3 Å². The number of carbonyl (C=O) groups excluding carboxylic acids is 1. The Labute approximate surface area is 176 Å². The van der Waals surface area contributed by atoms with Crippen LogP contribution in [0.3, 0.4) is 0 Å². The van der Waals surface area contributed by atoms with Crippen molar-refractivity contribution in [3.8, 4) is 5.75 Å². The van der Waals surface area contributed by atoms with Gasteiger partial charge in [-0.05, 0) is 61.1 Å². The molecule has 0 bridgehead atoms. The van der Waals surface area contributed by atoms with Crippen LogP contribution in [0.1, 0.15) is 82.1 Å². The zero-order valence-electron chi connectivity index (χ0n) is 17.1. The Bertz CT molecular complexity index is 572. The zero-order chi connectivity index (χ0) is 19.6. The molecule has 0 heterocycles. The minimum absolute atomic E-state index is 0.183. The number of esters is 1. The first kappa shape index (κ1) is 21.5. The third-order valence-electron chi connectivity index (χ3n) is 6.58. The van der Waals surface area contributed by atoms with Crippen LogP contribution in [-0.2, 0) is 9.53 Å². The maximum absolute atomic E-state index is 11.3. The van der Waals surface area contributed by atoms with E-state index in [0.29, 0.717) is 31.8 Å². The number of hydrogen-bond acceptors (Lipinski definition) is 4. The SMILES string of the molecule is O=C(CCS)OCCCOc1ccc(C2CCC(C3CCCCC3)CC2)cc1. The lowest BCUT2D eigenvalue weighted by Crippen LogP contribution is -2.23. The third kappa shape index (κ3) is 6.72. The molecule has 2 fully saturated rings. The molecule has 0 radical (unpaired) electrons. The number of thiol groups is 1. The number of hydrogen-bond donors (Lipinski definition) is 1. The van der Waals surface area contributed by atoms with Gasteiger partial charge in [0.2, 0.25) is 0 Å². The second-order valence-corrected chi connectivity index (χ2v) is 8.92. The molecule has 3 rings (SSSR count). The first-order chi connectivity index (χ1) is 13.8. The topological polar surface area (TPSA) is 35.5 Å². The van der Waals surface area contributed by atoms with Crippen LogP contribution in [-0.4, -0.2) is 24.9 Å². The van der Waals surface area contributed by atoms with Crippen LogP contribution in [0.2, 0.25) is 0 Å². The summed E-state index contributed by atoms with van der Waals surface area (Å²) >= 11 is 4.02. The molecule has 2 saturated carbocycles. The van der Waals surface area contributed by atoms with Crippen molar-refractivity contribution in [2.24, 2.45) is 11.8 Å². The first-order valence-electron chi connectivity index (χ1n) is 11.3. The number of carbonyl (C=O) groups is 1. The predicted molar refractivity (Wildman–Crippen MR) is 117 cm³/mol. The van der Waals surface area contributed by atoms with E-state index in [-0.39, 0.29) is 5.97 Å². The molecule has 0 aromatic heterocycles. The molecule has 0 spiro atoms. The van der Waals surface area contributed by atoms with Gasteiger partial charge in [-0.1, -0.05) is 44.2 Å². The maximum atomic E-state index is 11.3. The van der Waals surface area contributed by atoms with Crippen molar-refractivity contribution in [1.29, 1.82) is 0 Å². The fraction of sp³-hybridized carbons (Fsp3) is 0.708. The smallest absolute Gasteiger partial charge is 0.306 e. The summed E-state index contributed by atoms with van der Waals surface area (Å²) in [7, 11) is 0. The van der Waals surface area contributed by atoms with Gasteiger partial charge in [0.25, 0.3) is 0 Å². The summed E-state index contributed by atoms with van der Waals surface area (Å²) in [5.74, 6) is 3.98. The van der Waals surface area contributed by atoms with E-state index >= 15 is 0 Å². The number of rotatable bonds is 9. The summed E-state index contributed by atoms with van der Waals surface area (Å²) in [5, 5.41) is 0. The van der Waals surface area contributed by atoms with Gasteiger partial charge in [0.15, 0.2) is 0 Å². The molecule has 28 heavy (non-hydrogen) atoms. The van der Waals surface area contributed by atoms with Gasteiger partial charge >= 0.3 is 5.97 Å². The Hall–Kier alpha value is -1.16. The van der Waals surface area contributed by atoms with Crippen LogP contribution < -0.4 is 4.74 Å². The Morgan fingerprint density at radius 1 is 0.893 bits per heavy atom. The average molecular weight is 405 g/mol. The molecular weight excluding hydrogens is 368 g/mol. The normalized spacial score (nSPS) is 23.3. The van der Waals surface area contributed by atoms with Gasteiger partial charge in [-0.25, -0.2) is 0 Å². The Balaban J connectivity index is 1.35. The highest BCUT2D eigenvalue weighted by molar-refractivity contribution is 7.80. The fourth-order valence-electron chi connectivity index (χ4n) is 4.96. The van der Waals surface area contributed by atoms with Gasteiger partial charge in [0, 0.05) is 12.2 Å². The average Bonchev–Trinajstić information content (AvgIpc) is 2.75. The van der Waals surface area contributed by atoms with Gasteiger partial charge in [0.1, 0.15) is 5.75 Å². The van der Waals surface area contributed by atoms with Crippen LogP contribution >= 0.6 is 12.6 Å². The lowest BCUT2D eigenvalue weighted by molar-refractivity contribution is -0.143. The number of ether oxygens (including phenoxy) is 2. The third-order valence-corrected chi connectivity index (χ3v) is 6.80. The highest BCUT2D eigenvalue weighted by atomic mass is 32.1. The van der Waals surface area contributed by atoms with Crippen molar-refractivity contribution >= 4 is 18.6 Å². The molecule has 1 aromatic carbocycles. The van der Waals surface area contributed by atoms with E-state index in [1.165, 1.54) is 63.4 Å². The van der Waals surface area contributed by atoms with Gasteiger partial charge in [-0.3, -0.25) is 4.79 Å². The molecule has 0 N–H and O–H groups in total. The summed E-state index contributed by atoms with van der Waals surface area (Å²) in [6, 6.07) is 8.67. The Kier molecular flexibility index (Phi) is 9.04. The molecule has 0 unspecified atom stereocenters. The van der Waals surface area contributed by atoms with E-state index in [1.54, 1.807) is 0 Å². The highest BCUT2D eigenvalue weighted by Crippen LogP contribution is 2.43. The molecule has 2 aliphatic carbocycles. The lowest BCUT2D eigenvalue weighted by atomic mass is 9.70. The number of benzene rings is 1. The van der Waals surface area contributed by atoms with Crippen molar-refractivity contribution in [2.45, 2.75) is 76.5 Å². The van der Waals surface area contributed by atoms with E-state index in [2.05, 4.69) is 36.9 Å². The summed E-state index contributed by atoms with van der Waals surface area (Å²) < 4.78 is 10.9. The molecule has 0 atom stereocenters. The summed E-state index contributed by atoms with van der Waals surface area (Å²) in [6.07, 6.45) is 14.0. The Morgan fingerprint density at radius 3 is 2.25 bits per heavy atom. The molecule has 156 valence electrons. The van der Waals surface area contributed by atoms with E-state index in [0.717, 1.165) is 23.5 Å². The molecular formula is C24H36O3S. The second-order valence-electron chi connectivity index (χ2n) is 8.47. The lowest BCUT2D eigenvalue weighted by Gasteiger charge is -2.36. The zero-order valence-corrected chi connectivity index (χ0v) is 18.0. The minimum Gasteiger partial charge on any atom is -0.493 e. The molecule has 1 aromatic rings. The Morgan fingerprint density at radius 2 is 1.57 bits per heavy atom. The largest absolute Gasteiger partial charge is 0.493 e. The van der Waals surface area contributed by atoms with Crippen LogP contribution in [0, 0.1) is 11.8 Å². The van der Waals surface area contributed by atoms with Gasteiger partial charge < -0.3 is 9.47 Å². The van der Waals surface area contributed by atoms with E-state index in [1.807, 2.05) is 0 Å². The van der Waals surface area contributed by atoms with E-state index < -0.39 is 0 Å². The van der Waals surface area contributed by atoms with Gasteiger partial charge in [0.05, 0.1) is 19.6 Å². The predicted octanol–water partition coefficient (Wildman–Crippen LogP) is 6.17. The van der Waals surface area contributed by atoms with Crippen LogP contribution in [0.25, 0.3) is 0 Å². The van der Waals surface area contributed by atoms with Crippen LogP contribution in [0.5, 0.6) is 5.75 Å². The fourth-order valence-corrected chi connectivity index (χ4v) is 5.15. The van der Waals surface area contributed by atoms with E-state index in [4.69, 9.17) is 9.47 Å². The van der Waals surface area contributed by atoms with Gasteiger partial charge in [-0.2, -0.15) is 12.6 Å². The molecule has 2 aliphatic rings. The minimum atomic E-state index is -0.183. The van der Waals surface area contributed by atoms with Crippen LogP contribution in [0.15, 0.2) is 24.3 Å². The molecule has 0 aliphatic heterocycles. The van der Waals surface area contributed by atoms with Crippen molar-refractivity contribution in [2.75, 3.05) is 19.0 Å². The molecule has 0 saturated heterocycles.